The zero-order valence-corrected chi connectivity index (χ0v) is 36.2. The standard InChI is InChI=1S/C66H42/c1-5-13-43(14-6-1)49-29-33-57-53(39-49)23-24-54-40-50(44-15-7-2-8-16-44)30-34-58(54)65(57)61-37-27-47-21-22-48-28-38-62(64(61)63(47)48)66(65)59-35-31-51(45-17-9-3-10-18-45)41-55(59)25-26-56-42-52(32-36-60(56)66)46-19-11-4-12-20-46/h1-42H. The Bertz CT molecular complexity index is 3290. The minimum absolute atomic E-state index is 0.744. The molecule has 0 aliphatic heterocycles. The van der Waals surface area contributed by atoms with Crippen molar-refractivity contribution in [3.8, 4) is 44.5 Å². The van der Waals surface area contributed by atoms with Crippen LogP contribution in [0.3, 0.4) is 0 Å². The third kappa shape index (κ3) is 5.04. The van der Waals surface area contributed by atoms with Gasteiger partial charge in [-0.05, 0) is 146 Å². The quantitative estimate of drug-likeness (QED) is 0.166. The summed E-state index contributed by atoms with van der Waals surface area (Å²) in [6.45, 7) is 0. The summed E-state index contributed by atoms with van der Waals surface area (Å²) in [5.74, 6) is 0. The fourth-order valence-electron chi connectivity index (χ4n) is 12.5. The lowest BCUT2D eigenvalue weighted by molar-refractivity contribution is 0.441. The van der Waals surface area contributed by atoms with E-state index in [1.165, 1.54) is 122 Å². The lowest BCUT2D eigenvalue weighted by atomic mass is 9.49. The minimum atomic E-state index is -0.744. The molecule has 4 aliphatic carbocycles. The molecular formula is C66H42. The monoisotopic (exact) mass is 834 g/mol. The molecule has 0 nitrogen and oxygen atoms in total. The topological polar surface area (TPSA) is 0 Å². The van der Waals surface area contributed by atoms with Gasteiger partial charge in [-0.15, -0.1) is 0 Å². The van der Waals surface area contributed by atoms with Gasteiger partial charge in [0.2, 0.25) is 0 Å². The Hall–Kier alpha value is -8.32. The van der Waals surface area contributed by atoms with Crippen LogP contribution in [-0.2, 0) is 10.8 Å². The van der Waals surface area contributed by atoms with Crippen molar-refractivity contribution >= 4 is 47.2 Å². The molecule has 0 saturated carbocycles. The van der Waals surface area contributed by atoms with Crippen molar-refractivity contribution in [3.63, 3.8) is 0 Å². The Labute approximate surface area is 385 Å². The molecule has 0 fully saturated rings. The van der Waals surface area contributed by atoms with Crippen LogP contribution in [0.1, 0.15) is 66.8 Å². The van der Waals surface area contributed by atoms with Crippen LogP contribution in [0.25, 0.3) is 91.7 Å². The molecule has 4 aliphatic rings. The SMILES string of the molecule is C1=Cc2cc(-c3ccccc3)ccc2C2(c3ccc(-c4ccccc4)cc31)c1ccc3c4c(ccc(c14)C21c2ccc(-c4ccccc4)cc2C=Cc2cc(-c4ccccc4)ccc21)C=C3. The van der Waals surface area contributed by atoms with Crippen LogP contribution >= 0.6 is 0 Å². The van der Waals surface area contributed by atoms with Crippen LogP contribution in [-0.4, -0.2) is 0 Å². The van der Waals surface area contributed by atoms with Crippen molar-refractivity contribution in [1.82, 2.24) is 0 Å². The summed E-state index contributed by atoms with van der Waals surface area (Å²) in [4.78, 5) is 0. The maximum Gasteiger partial charge on any atom is 0.0647 e. The summed E-state index contributed by atoms with van der Waals surface area (Å²) in [7, 11) is 0. The van der Waals surface area contributed by atoms with Crippen molar-refractivity contribution in [2.24, 2.45) is 0 Å². The first kappa shape index (κ1) is 37.1. The minimum Gasteiger partial charge on any atom is -0.0622 e. The van der Waals surface area contributed by atoms with E-state index in [1.54, 1.807) is 0 Å². The van der Waals surface area contributed by atoms with E-state index in [2.05, 4.69) is 255 Å². The second-order valence-electron chi connectivity index (χ2n) is 18.3. The fraction of sp³-hybridized carbons (Fsp3) is 0.0303. The van der Waals surface area contributed by atoms with Crippen LogP contribution in [0, 0.1) is 0 Å². The third-order valence-electron chi connectivity index (χ3n) is 15.2. The summed E-state index contributed by atoms with van der Waals surface area (Å²) < 4.78 is 0. The summed E-state index contributed by atoms with van der Waals surface area (Å²) in [6.07, 6.45) is 14.3. The molecule has 14 rings (SSSR count). The van der Waals surface area contributed by atoms with Crippen LogP contribution in [0.2, 0.25) is 0 Å². The second kappa shape index (κ2) is 14.1. The normalized spacial score (nSPS) is 14.7. The maximum atomic E-state index is 2.50. The van der Waals surface area contributed by atoms with E-state index >= 15 is 0 Å². The zero-order chi connectivity index (χ0) is 43.4. The number of benzene rings is 10. The van der Waals surface area contributed by atoms with Crippen LogP contribution in [0.15, 0.2) is 218 Å². The van der Waals surface area contributed by atoms with Crippen molar-refractivity contribution in [1.29, 1.82) is 0 Å². The van der Waals surface area contributed by atoms with Crippen LogP contribution in [0.5, 0.6) is 0 Å². The van der Waals surface area contributed by atoms with Gasteiger partial charge in [0, 0.05) is 0 Å². The molecule has 0 atom stereocenters. The largest absolute Gasteiger partial charge is 0.0647 e. The van der Waals surface area contributed by atoms with E-state index in [-0.39, 0.29) is 0 Å². The van der Waals surface area contributed by atoms with Gasteiger partial charge in [0.05, 0.1) is 10.8 Å². The summed E-state index contributed by atoms with van der Waals surface area (Å²) in [5.41, 5.74) is 23.6. The lowest BCUT2D eigenvalue weighted by Crippen LogP contribution is -2.50. The third-order valence-corrected chi connectivity index (χ3v) is 15.2. The highest BCUT2D eigenvalue weighted by atomic mass is 14.6. The van der Waals surface area contributed by atoms with Crippen molar-refractivity contribution in [3.05, 3.63) is 285 Å². The van der Waals surface area contributed by atoms with E-state index in [9.17, 15) is 0 Å². The Morgan fingerprint density at radius 2 is 0.439 bits per heavy atom. The molecular weight excluding hydrogens is 793 g/mol. The Morgan fingerprint density at radius 3 is 0.727 bits per heavy atom. The van der Waals surface area contributed by atoms with Gasteiger partial charge in [-0.25, -0.2) is 0 Å². The molecule has 306 valence electrons. The highest BCUT2D eigenvalue weighted by Gasteiger charge is 2.65. The average molecular weight is 835 g/mol. The van der Waals surface area contributed by atoms with Gasteiger partial charge in [-0.3, -0.25) is 0 Å². The van der Waals surface area contributed by atoms with Gasteiger partial charge in [0.1, 0.15) is 0 Å². The average Bonchev–Trinajstić information content (AvgIpc) is 3.83. The molecule has 10 aromatic rings. The molecule has 0 N–H and O–H groups in total. The number of hydrogen-bond donors (Lipinski definition) is 0. The molecule has 10 aromatic carbocycles. The fourth-order valence-corrected chi connectivity index (χ4v) is 12.5. The summed E-state index contributed by atoms with van der Waals surface area (Å²) >= 11 is 0. The van der Waals surface area contributed by atoms with Gasteiger partial charge < -0.3 is 0 Å². The second-order valence-corrected chi connectivity index (χ2v) is 18.3. The Kier molecular flexibility index (Phi) is 7.92. The number of hydrogen-bond acceptors (Lipinski definition) is 0. The first-order valence-corrected chi connectivity index (χ1v) is 23.1. The highest BCUT2D eigenvalue weighted by Crippen LogP contribution is 2.70. The van der Waals surface area contributed by atoms with E-state index in [4.69, 9.17) is 0 Å². The first-order chi connectivity index (χ1) is 32.7. The Morgan fingerprint density at radius 1 is 0.182 bits per heavy atom. The molecule has 0 saturated heterocycles. The molecule has 2 spiro atoms. The predicted octanol–water partition coefficient (Wildman–Crippen LogP) is 16.6. The smallest absolute Gasteiger partial charge is 0.0622 e. The van der Waals surface area contributed by atoms with Crippen molar-refractivity contribution < 1.29 is 0 Å². The molecule has 0 aromatic heterocycles. The molecule has 66 heavy (non-hydrogen) atoms. The van der Waals surface area contributed by atoms with Crippen molar-refractivity contribution in [2.45, 2.75) is 10.8 Å². The molecule has 0 heterocycles. The van der Waals surface area contributed by atoms with Crippen LogP contribution in [0.4, 0.5) is 0 Å². The highest BCUT2D eigenvalue weighted by molar-refractivity contribution is 6.12. The predicted molar refractivity (Wildman–Crippen MR) is 278 cm³/mol. The Balaban J connectivity index is 1.19. The lowest BCUT2D eigenvalue weighted by Gasteiger charge is -2.51. The summed E-state index contributed by atoms with van der Waals surface area (Å²) in [5, 5.41) is 2.72. The van der Waals surface area contributed by atoms with Gasteiger partial charge in [-0.1, -0.05) is 231 Å². The van der Waals surface area contributed by atoms with Gasteiger partial charge in [-0.2, -0.15) is 0 Å². The van der Waals surface area contributed by atoms with Gasteiger partial charge >= 0.3 is 0 Å². The molecule has 0 bridgehead atoms. The van der Waals surface area contributed by atoms with E-state index in [0.717, 1.165) is 0 Å². The van der Waals surface area contributed by atoms with Crippen LogP contribution < -0.4 is 0 Å². The van der Waals surface area contributed by atoms with Gasteiger partial charge in [0.25, 0.3) is 0 Å². The number of fused-ring (bicyclic) bond motifs is 11. The van der Waals surface area contributed by atoms with Gasteiger partial charge in [0.15, 0.2) is 0 Å². The molecule has 0 amide bonds. The van der Waals surface area contributed by atoms with E-state index < -0.39 is 10.8 Å². The first-order valence-electron chi connectivity index (χ1n) is 23.1. The van der Waals surface area contributed by atoms with E-state index in [0.29, 0.717) is 0 Å². The number of rotatable bonds is 4. The zero-order valence-electron chi connectivity index (χ0n) is 36.2. The molecule has 0 unspecified atom stereocenters. The maximum absolute atomic E-state index is 2.50. The molecule has 0 radical (unpaired) electrons. The molecule has 0 heteroatoms. The summed E-state index contributed by atoms with van der Waals surface area (Å²) in [6, 6.07) is 82.5. The van der Waals surface area contributed by atoms with E-state index in [1.807, 2.05) is 0 Å². The van der Waals surface area contributed by atoms with Crippen molar-refractivity contribution in [2.75, 3.05) is 0 Å².